The van der Waals surface area contributed by atoms with E-state index in [1.54, 1.807) is 24.8 Å². The lowest BCUT2D eigenvalue weighted by Gasteiger charge is -2.15. The van der Waals surface area contributed by atoms with Gasteiger partial charge in [0.25, 0.3) is 0 Å². The van der Waals surface area contributed by atoms with E-state index in [-0.39, 0.29) is 0 Å². The van der Waals surface area contributed by atoms with Gasteiger partial charge in [0.15, 0.2) is 29.1 Å². The van der Waals surface area contributed by atoms with E-state index in [0.717, 1.165) is 93.4 Å². The Morgan fingerprint density at radius 1 is 0.230 bits per heavy atom. The predicted molar refractivity (Wildman–Crippen MR) is 298 cm³/mol. The average molecular weight is 946 g/mol. The molecule has 0 aliphatic rings. The Balaban J connectivity index is 0.967. The predicted octanol–water partition coefficient (Wildman–Crippen LogP) is 15.3. The van der Waals surface area contributed by atoms with Crippen LogP contribution in [0.15, 0.2) is 237 Å². The van der Waals surface area contributed by atoms with E-state index in [4.69, 9.17) is 39.9 Å². The summed E-state index contributed by atoms with van der Waals surface area (Å²) >= 11 is 0. The molecule has 0 amide bonds. The molecular weight excluding hydrogens is 907 g/mol. The van der Waals surface area contributed by atoms with Gasteiger partial charge in [0.05, 0.1) is 22.3 Å². The Kier molecular flexibility index (Phi) is 10.3. The number of hydrogen-bond acceptors (Lipinski definition) is 9. The maximum atomic E-state index is 5.26. The van der Waals surface area contributed by atoms with Crippen molar-refractivity contribution in [2.24, 2.45) is 0 Å². The minimum Gasteiger partial charge on any atom is -0.256 e. The van der Waals surface area contributed by atoms with Crippen molar-refractivity contribution < 1.29 is 0 Å². The van der Waals surface area contributed by atoms with Crippen LogP contribution in [0, 0.1) is 0 Å². The summed E-state index contributed by atoms with van der Waals surface area (Å²) in [6, 6.07) is 69.3. The molecule has 9 nitrogen and oxygen atoms in total. The van der Waals surface area contributed by atoms with Crippen LogP contribution in [0.4, 0.5) is 0 Å². The van der Waals surface area contributed by atoms with E-state index in [1.165, 1.54) is 10.8 Å². The van der Waals surface area contributed by atoms with Gasteiger partial charge in [-0.25, -0.2) is 34.9 Å². The molecule has 0 saturated heterocycles. The highest BCUT2D eigenvalue weighted by molar-refractivity contribution is 6.14. The van der Waals surface area contributed by atoms with Crippen molar-refractivity contribution in [3.8, 4) is 90.5 Å². The molecule has 5 aromatic heterocycles. The maximum absolute atomic E-state index is 5.26. The first-order valence-corrected chi connectivity index (χ1v) is 24.4. The molecule has 0 radical (unpaired) electrons. The van der Waals surface area contributed by atoms with Crippen molar-refractivity contribution in [2.45, 2.75) is 0 Å². The number of hydrogen-bond donors (Lipinski definition) is 0. The molecule has 344 valence electrons. The van der Waals surface area contributed by atoms with Gasteiger partial charge >= 0.3 is 0 Å². The summed E-state index contributed by atoms with van der Waals surface area (Å²) in [5.74, 6) is 2.46. The van der Waals surface area contributed by atoms with Gasteiger partial charge in [-0.3, -0.25) is 9.97 Å². The second-order valence-corrected chi connectivity index (χ2v) is 18.2. The van der Waals surface area contributed by atoms with E-state index in [2.05, 4.69) is 145 Å². The number of fused-ring (bicyclic) bond motifs is 6. The van der Waals surface area contributed by atoms with Crippen LogP contribution in [0.3, 0.4) is 0 Å². The minimum absolute atomic E-state index is 0.403. The second kappa shape index (κ2) is 17.9. The molecule has 14 rings (SSSR count). The first-order valence-electron chi connectivity index (χ1n) is 24.4. The van der Waals surface area contributed by atoms with Gasteiger partial charge in [-0.1, -0.05) is 152 Å². The van der Waals surface area contributed by atoms with E-state index in [1.807, 2.05) is 73.1 Å². The zero-order valence-electron chi connectivity index (χ0n) is 39.5. The molecule has 0 spiro atoms. The Hall–Kier alpha value is -10.3. The molecule has 0 N–H and O–H groups in total. The summed E-state index contributed by atoms with van der Waals surface area (Å²) in [5, 5.41) is 10.1. The van der Waals surface area contributed by atoms with Crippen molar-refractivity contribution in [2.75, 3.05) is 0 Å². The molecule has 74 heavy (non-hydrogen) atoms. The zero-order chi connectivity index (χ0) is 49.0. The molecule has 14 aromatic rings. The number of nitrogens with zero attached hydrogens (tertiary/aromatic N) is 9. The summed E-state index contributed by atoms with van der Waals surface area (Å²) < 4.78 is 0. The normalized spacial score (nSPS) is 11.5. The van der Waals surface area contributed by atoms with Gasteiger partial charge in [-0.2, -0.15) is 0 Å². The second-order valence-electron chi connectivity index (χ2n) is 18.2. The lowest BCUT2D eigenvalue weighted by molar-refractivity contribution is 1.05. The third kappa shape index (κ3) is 7.64. The number of benzene rings is 9. The third-order valence-electron chi connectivity index (χ3n) is 13.8. The number of rotatable bonds is 8. The molecule has 0 saturated carbocycles. The van der Waals surface area contributed by atoms with Gasteiger partial charge in [-0.15, -0.1) is 0 Å². The minimum atomic E-state index is 0.403. The summed E-state index contributed by atoms with van der Waals surface area (Å²) in [6.07, 6.45) is 10.8. The van der Waals surface area contributed by atoms with Crippen LogP contribution < -0.4 is 0 Å². The number of pyridine rings is 2. The molecule has 0 aliphatic heterocycles. The molecule has 0 bridgehead atoms. The van der Waals surface area contributed by atoms with Crippen LogP contribution in [0.5, 0.6) is 0 Å². The van der Waals surface area contributed by atoms with E-state index in [9.17, 15) is 0 Å². The van der Waals surface area contributed by atoms with E-state index >= 15 is 0 Å². The Morgan fingerprint density at radius 3 is 1.39 bits per heavy atom. The monoisotopic (exact) mass is 945 g/mol. The molecule has 9 heteroatoms. The molecule has 0 fully saturated rings. The summed E-state index contributed by atoms with van der Waals surface area (Å²) in [6.45, 7) is 0. The maximum Gasteiger partial charge on any atom is 0.167 e. The lowest BCUT2D eigenvalue weighted by atomic mass is 9.90. The Bertz CT molecular complexity index is 4340. The lowest BCUT2D eigenvalue weighted by Crippen LogP contribution is -2.02. The summed E-state index contributed by atoms with van der Waals surface area (Å²) in [4.78, 5) is 45.0. The summed E-state index contributed by atoms with van der Waals surface area (Å²) in [7, 11) is 0. The molecule has 0 atom stereocenters. The SMILES string of the molecule is c1ccc2c(-c3ncc(-c4nc(-c5cnc(-c6cccc7ccccc67)nc5)nc(-c5cc(-c6cc(-c7cccc8ncccc78)ccn6)cc(-c6cc7ccccc7c7ccccc67)c5)n4)cn3)cccc2c1. The smallest absolute Gasteiger partial charge is 0.167 e. The fourth-order valence-electron chi connectivity index (χ4n) is 10.2. The van der Waals surface area contributed by atoms with Gasteiger partial charge < -0.3 is 0 Å². The standard InChI is InChI=1S/C65H39N9/c1-4-18-49-40(13-1)16-9-24-56(49)64-68-36-47(37-69-64)62-72-61(73-63(74-62)48-38-70-65(71-39-48)57-25-10-17-41-14-2-5-19-50(41)57)46-32-44(58-34-42-15-3-6-20-51(42)53-21-7-8-22-54(53)58)31-45(33-46)60-35-43(28-30-67-60)52-23-11-27-59-55(52)26-12-29-66-59/h1-39H. The fourth-order valence-corrected chi connectivity index (χ4v) is 10.2. The Morgan fingerprint density at radius 2 is 0.730 bits per heavy atom. The van der Waals surface area contributed by atoms with Crippen molar-refractivity contribution in [1.82, 2.24) is 44.9 Å². The quantitative estimate of drug-likeness (QED) is 0.137. The van der Waals surface area contributed by atoms with Crippen LogP contribution in [-0.2, 0) is 0 Å². The van der Waals surface area contributed by atoms with Crippen molar-refractivity contribution in [3.63, 3.8) is 0 Å². The zero-order valence-corrected chi connectivity index (χ0v) is 39.5. The largest absolute Gasteiger partial charge is 0.256 e. The van der Waals surface area contributed by atoms with Crippen LogP contribution in [-0.4, -0.2) is 44.9 Å². The first-order chi connectivity index (χ1) is 36.6. The van der Waals surface area contributed by atoms with Crippen LogP contribution in [0.1, 0.15) is 0 Å². The van der Waals surface area contributed by atoms with Crippen molar-refractivity contribution in [1.29, 1.82) is 0 Å². The first kappa shape index (κ1) is 42.6. The van der Waals surface area contributed by atoms with Gasteiger partial charge in [0.1, 0.15) is 0 Å². The van der Waals surface area contributed by atoms with Gasteiger partial charge in [-0.05, 0) is 114 Å². The van der Waals surface area contributed by atoms with Gasteiger partial charge in [0.2, 0.25) is 0 Å². The summed E-state index contributed by atoms with van der Waals surface area (Å²) in [5.41, 5.74) is 10.7. The number of aromatic nitrogens is 9. The third-order valence-corrected chi connectivity index (χ3v) is 13.8. The van der Waals surface area contributed by atoms with Crippen LogP contribution in [0.2, 0.25) is 0 Å². The van der Waals surface area contributed by atoms with Crippen LogP contribution in [0.25, 0.3) is 144 Å². The molecule has 0 unspecified atom stereocenters. The van der Waals surface area contributed by atoms with Gasteiger partial charge in [0, 0.05) is 64.8 Å². The molecular formula is C65H39N9. The molecule has 9 aromatic carbocycles. The topological polar surface area (TPSA) is 116 Å². The van der Waals surface area contributed by atoms with Crippen molar-refractivity contribution >= 4 is 54.0 Å². The van der Waals surface area contributed by atoms with E-state index < -0.39 is 0 Å². The Labute approximate surface area is 424 Å². The highest BCUT2D eigenvalue weighted by Crippen LogP contribution is 2.40. The van der Waals surface area contributed by atoms with E-state index in [0.29, 0.717) is 40.2 Å². The highest BCUT2D eigenvalue weighted by Gasteiger charge is 2.19. The average Bonchev–Trinajstić information content (AvgIpc) is 3.48. The molecule has 5 heterocycles. The molecule has 0 aliphatic carbocycles. The van der Waals surface area contributed by atoms with Crippen LogP contribution >= 0.6 is 0 Å². The highest BCUT2D eigenvalue weighted by atomic mass is 15.0. The van der Waals surface area contributed by atoms with Crippen molar-refractivity contribution in [3.05, 3.63) is 237 Å². The fraction of sp³-hybridized carbons (Fsp3) is 0.